The number of nitrogen functional groups attached to an aromatic ring is 1. The molecule has 1 aromatic rings. The molecule has 0 radical (unpaired) electrons. The molecule has 2 atom stereocenters. The number of rotatable bonds is 4. The molecular weight excluding hydrogens is 236 g/mol. The van der Waals surface area contributed by atoms with Crippen molar-refractivity contribution in [2.45, 2.75) is 30.5 Å². The van der Waals surface area contributed by atoms with Crippen molar-refractivity contribution in [1.29, 1.82) is 0 Å². The first-order valence-corrected chi connectivity index (χ1v) is 7.00. The van der Waals surface area contributed by atoms with Crippen molar-refractivity contribution in [3.05, 3.63) is 6.07 Å². The van der Waals surface area contributed by atoms with E-state index in [1.807, 2.05) is 6.26 Å². The average Bonchev–Trinajstić information content (AvgIpc) is 2.72. The zero-order valence-corrected chi connectivity index (χ0v) is 10.7. The summed E-state index contributed by atoms with van der Waals surface area (Å²) in [6.45, 7) is 0.835. The molecule has 0 bridgehead atoms. The van der Waals surface area contributed by atoms with Crippen LogP contribution in [-0.4, -0.2) is 34.0 Å². The minimum atomic E-state index is -0.126. The summed E-state index contributed by atoms with van der Waals surface area (Å²) in [5.41, 5.74) is 5.70. The summed E-state index contributed by atoms with van der Waals surface area (Å²) in [7, 11) is 0. The van der Waals surface area contributed by atoms with Gasteiger partial charge in [-0.3, -0.25) is 0 Å². The monoisotopic (exact) mass is 254 g/mol. The lowest BCUT2D eigenvalue weighted by Crippen LogP contribution is -2.14. The van der Waals surface area contributed by atoms with Crippen LogP contribution in [0.3, 0.4) is 0 Å². The Labute approximate surface area is 105 Å². The number of hydrogen-bond donors (Lipinski definition) is 3. The van der Waals surface area contributed by atoms with E-state index < -0.39 is 0 Å². The predicted molar refractivity (Wildman–Crippen MR) is 70.1 cm³/mol. The maximum Gasteiger partial charge on any atom is 0.191 e. The highest BCUT2D eigenvalue weighted by molar-refractivity contribution is 7.98. The largest absolute Gasteiger partial charge is 0.393 e. The van der Waals surface area contributed by atoms with Crippen LogP contribution < -0.4 is 11.1 Å². The number of aromatic nitrogens is 2. The second-order valence-electron chi connectivity index (χ2n) is 4.38. The van der Waals surface area contributed by atoms with Crippen LogP contribution in [0.15, 0.2) is 11.2 Å². The van der Waals surface area contributed by atoms with E-state index in [2.05, 4.69) is 15.3 Å². The lowest BCUT2D eigenvalue weighted by atomic mass is 10.1. The fourth-order valence-electron chi connectivity index (χ4n) is 2.11. The molecule has 17 heavy (non-hydrogen) atoms. The van der Waals surface area contributed by atoms with Crippen LogP contribution in [-0.2, 0) is 0 Å². The molecule has 6 heteroatoms. The molecule has 1 fully saturated rings. The zero-order valence-electron chi connectivity index (χ0n) is 9.89. The third kappa shape index (κ3) is 3.47. The first-order valence-electron chi connectivity index (χ1n) is 5.78. The highest BCUT2D eigenvalue weighted by Gasteiger charge is 2.22. The van der Waals surface area contributed by atoms with Crippen LogP contribution in [0.4, 0.5) is 11.6 Å². The van der Waals surface area contributed by atoms with Crippen molar-refractivity contribution in [3.63, 3.8) is 0 Å². The van der Waals surface area contributed by atoms with Gasteiger partial charge in [0.05, 0.1) is 6.10 Å². The van der Waals surface area contributed by atoms with E-state index in [1.165, 1.54) is 11.8 Å². The number of hydrogen-bond acceptors (Lipinski definition) is 6. The number of nitrogens with one attached hydrogen (secondary N) is 1. The molecule has 2 unspecified atom stereocenters. The minimum absolute atomic E-state index is 0.126. The molecule has 5 nitrogen and oxygen atoms in total. The van der Waals surface area contributed by atoms with Crippen LogP contribution in [0, 0.1) is 5.92 Å². The highest BCUT2D eigenvalue weighted by Crippen LogP contribution is 2.25. The van der Waals surface area contributed by atoms with E-state index in [0.29, 0.717) is 16.9 Å². The molecule has 1 aromatic heterocycles. The maximum atomic E-state index is 9.45. The number of anilines is 2. The van der Waals surface area contributed by atoms with E-state index in [4.69, 9.17) is 5.73 Å². The first-order chi connectivity index (χ1) is 8.17. The Morgan fingerprint density at radius 3 is 3.00 bits per heavy atom. The zero-order chi connectivity index (χ0) is 12.3. The normalized spacial score (nSPS) is 23.9. The standard InChI is InChI=1S/C11H18N4OS/c1-17-11-14-9(12)5-10(15-11)13-6-7-2-3-8(16)4-7/h5,7-8,16H,2-4,6H2,1H3,(H3,12,13,14,15). The Balaban J connectivity index is 1.92. The molecule has 0 aromatic carbocycles. The number of nitrogens with two attached hydrogens (primary N) is 1. The number of aliphatic hydroxyl groups excluding tert-OH is 1. The molecule has 2 rings (SSSR count). The highest BCUT2D eigenvalue weighted by atomic mass is 32.2. The molecule has 4 N–H and O–H groups in total. The number of nitrogens with zero attached hydrogens (tertiary/aromatic N) is 2. The third-order valence-corrected chi connectivity index (χ3v) is 3.54. The van der Waals surface area contributed by atoms with E-state index in [-0.39, 0.29) is 6.10 Å². The summed E-state index contributed by atoms with van der Waals surface area (Å²) in [4.78, 5) is 8.42. The van der Waals surface area contributed by atoms with Gasteiger partial charge in [0.15, 0.2) is 5.16 Å². The van der Waals surface area contributed by atoms with Crippen LogP contribution in [0.2, 0.25) is 0 Å². The molecule has 94 valence electrons. The lowest BCUT2D eigenvalue weighted by Gasteiger charge is -2.12. The number of aliphatic hydroxyl groups is 1. The molecule has 1 aliphatic carbocycles. The molecule has 1 saturated carbocycles. The van der Waals surface area contributed by atoms with E-state index in [9.17, 15) is 5.11 Å². The lowest BCUT2D eigenvalue weighted by molar-refractivity contribution is 0.178. The summed E-state index contributed by atoms with van der Waals surface area (Å²) in [5.74, 6) is 1.78. The molecule has 1 aliphatic rings. The van der Waals surface area contributed by atoms with Gasteiger partial charge >= 0.3 is 0 Å². The maximum absolute atomic E-state index is 9.45. The Morgan fingerprint density at radius 1 is 1.53 bits per heavy atom. The molecule has 0 saturated heterocycles. The van der Waals surface area contributed by atoms with Gasteiger partial charge in [0, 0.05) is 12.6 Å². The van der Waals surface area contributed by atoms with E-state index in [0.717, 1.165) is 31.6 Å². The molecule has 0 aliphatic heterocycles. The summed E-state index contributed by atoms with van der Waals surface area (Å²) in [6, 6.07) is 1.74. The van der Waals surface area contributed by atoms with Gasteiger partial charge in [-0.05, 0) is 31.4 Å². The van der Waals surface area contributed by atoms with Crippen molar-refractivity contribution in [2.24, 2.45) is 5.92 Å². The van der Waals surface area contributed by atoms with Crippen molar-refractivity contribution in [3.8, 4) is 0 Å². The topological polar surface area (TPSA) is 84.1 Å². The van der Waals surface area contributed by atoms with E-state index >= 15 is 0 Å². The van der Waals surface area contributed by atoms with Gasteiger partial charge in [0.25, 0.3) is 0 Å². The molecule has 0 amide bonds. The summed E-state index contributed by atoms with van der Waals surface area (Å²) in [6.07, 6.45) is 4.66. The SMILES string of the molecule is CSc1nc(N)cc(NCC2CCC(O)C2)n1. The van der Waals surface area contributed by atoms with E-state index in [1.54, 1.807) is 6.07 Å². The van der Waals surface area contributed by atoms with Gasteiger partial charge in [-0.1, -0.05) is 11.8 Å². The molecule has 1 heterocycles. The second kappa shape index (κ2) is 5.55. The van der Waals surface area contributed by atoms with Crippen molar-refractivity contribution in [1.82, 2.24) is 9.97 Å². The Morgan fingerprint density at radius 2 is 2.35 bits per heavy atom. The Bertz CT molecular complexity index is 388. The Kier molecular flexibility index (Phi) is 4.06. The summed E-state index contributed by atoms with van der Waals surface area (Å²) in [5, 5.41) is 13.4. The van der Waals surface area contributed by atoms with Gasteiger partial charge in [-0.2, -0.15) is 0 Å². The van der Waals surface area contributed by atoms with Crippen LogP contribution in [0.25, 0.3) is 0 Å². The van der Waals surface area contributed by atoms with Crippen molar-refractivity contribution in [2.75, 3.05) is 23.9 Å². The van der Waals surface area contributed by atoms with Gasteiger partial charge in [-0.15, -0.1) is 0 Å². The fourth-order valence-corrected chi connectivity index (χ4v) is 2.49. The minimum Gasteiger partial charge on any atom is -0.393 e. The van der Waals surface area contributed by atoms with Crippen molar-refractivity contribution >= 4 is 23.4 Å². The average molecular weight is 254 g/mol. The number of thioether (sulfide) groups is 1. The summed E-state index contributed by atoms with van der Waals surface area (Å²) < 4.78 is 0. The van der Waals surface area contributed by atoms with Gasteiger partial charge in [-0.25, -0.2) is 9.97 Å². The van der Waals surface area contributed by atoms with Gasteiger partial charge in [0.1, 0.15) is 11.6 Å². The van der Waals surface area contributed by atoms with Crippen molar-refractivity contribution < 1.29 is 5.11 Å². The first kappa shape index (κ1) is 12.4. The second-order valence-corrected chi connectivity index (χ2v) is 5.15. The van der Waals surface area contributed by atoms with Crippen LogP contribution in [0.5, 0.6) is 0 Å². The fraction of sp³-hybridized carbons (Fsp3) is 0.636. The summed E-state index contributed by atoms with van der Waals surface area (Å²) >= 11 is 1.47. The smallest absolute Gasteiger partial charge is 0.191 e. The third-order valence-electron chi connectivity index (χ3n) is 2.99. The molecule has 0 spiro atoms. The van der Waals surface area contributed by atoms with Gasteiger partial charge in [0.2, 0.25) is 0 Å². The Hall–Kier alpha value is -1.01. The predicted octanol–water partition coefficient (Wildman–Crippen LogP) is 1.35. The van der Waals surface area contributed by atoms with Gasteiger partial charge < -0.3 is 16.2 Å². The van der Waals surface area contributed by atoms with Crippen LogP contribution >= 0.6 is 11.8 Å². The molecular formula is C11H18N4OS. The quantitative estimate of drug-likeness (QED) is 0.555. The van der Waals surface area contributed by atoms with Crippen LogP contribution in [0.1, 0.15) is 19.3 Å².